The summed E-state index contributed by atoms with van der Waals surface area (Å²) in [6, 6.07) is 7.58. The summed E-state index contributed by atoms with van der Waals surface area (Å²) in [5.74, 6) is -0.000146. The maximum Gasteiger partial charge on any atom is 0.253 e. The number of benzene rings is 1. The monoisotopic (exact) mass is 295 g/mol. The molecule has 110 valence electrons. The number of aliphatic hydroxyl groups is 2. The highest BCUT2D eigenvalue weighted by Crippen LogP contribution is 2.23. The molecule has 1 amide bonds. The first-order chi connectivity index (χ1) is 9.58. The van der Waals surface area contributed by atoms with E-state index in [1.807, 2.05) is 30.5 Å². The van der Waals surface area contributed by atoms with E-state index < -0.39 is 5.60 Å². The molecule has 1 aliphatic heterocycles. The molecule has 20 heavy (non-hydrogen) atoms. The number of hydrogen-bond acceptors (Lipinski definition) is 4. The molecule has 1 aromatic carbocycles. The molecule has 1 heterocycles. The average molecular weight is 295 g/mol. The molecule has 0 bridgehead atoms. The van der Waals surface area contributed by atoms with Crippen molar-refractivity contribution in [3.05, 3.63) is 29.8 Å². The average Bonchev–Trinajstić information content (AvgIpc) is 2.69. The first-order valence-corrected chi connectivity index (χ1v) is 8.07. The minimum Gasteiger partial charge on any atom is -0.393 e. The molecule has 0 unspecified atom stereocenters. The highest BCUT2D eigenvalue weighted by molar-refractivity contribution is 7.98. The molecule has 2 N–H and O–H groups in total. The third-order valence-corrected chi connectivity index (χ3v) is 4.58. The predicted molar refractivity (Wildman–Crippen MR) is 80.0 cm³/mol. The number of nitrogens with zero attached hydrogens (tertiary/aromatic N) is 1. The van der Waals surface area contributed by atoms with Crippen LogP contribution in [-0.4, -0.2) is 52.6 Å². The number of aliphatic hydroxyl groups excluding tert-OH is 1. The Morgan fingerprint density at radius 3 is 2.60 bits per heavy atom. The maximum absolute atomic E-state index is 12.4. The van der Waals surface area contributed by atoms with Crippen LogP contribution in [0.25, 0.3) is 0 Å². The van der Waals surface area contributed by atoms with Gasteiger partial charge in [0, 0.05) is 23.5 Å². The van der Waals surface area contributed by atoms with Gasteiger partial charge in [-0.3, -0.25) is 4.79 Å². The number of carbonyl (C=O) groups is 1. The van der Waals surface area contributed by atoms with Gasteiger partial charge in [-0.1, -0.05) is 0 Å². The van der Waals surface area contributed by atoms with Crippen molar-refractivity contribution >= 4 is 17.7 Å². The van der Waals surface area contributed by atoms with Crippen molar-refractivity contribution in [3.8, 4) is 0 Å². The topological polar surface area (TPSA) is 60.8 Å². The van der Waals surface area contributed by atoms with Crippen LogP contribution in [0.1, 0.15) is 29.6 Å². The van der Waals surface area contributed by atoms with Crippen LogP contribution in [-0.2, 0) is 0 Å². The van der Waals surface area contributed by atoms with Crippen molar-refractivity contribution in [2.75, 3.05) is 26.0 Å². The van der Waals surface area contributed by atoms with E-state index in [1.165, 1.54) is 0 Å². The van der Waals surface area contributed by atoms with Crippen molar-refractivity contribution in [3.63, 3.8) is 0 Å². The quantitative estimate of drug-likeness (QED) is 0.834. The van der Waals surface area contributed by atoms with Crippen molar-refractivity contribution in [1.82, 2.24) is 4.90 Å². The second kappa shape index (κ2) is 6.61. The van der Waals surface area contributed by atoms with Gasteiger partial charge in [-0.15, -0.1) is 11.8 Å². The van der Waals surface area contributed by atoms with Crippen LogP contribution >= 0.6 is 11.8 Å². The number of hydrogen-bond donors (Lipinski definition) is 2. The van der Waals surface area contributed by atoms with Gasteiger partial charge in [0.05, 0.1) is 12.2 Å². The lowest BCUT2D eigenvalue weighted by atomic mass is 9.96. The van der Waals surface area contributed by atoms with Gasteiger partial charge in [0.25, 0.3) is 5.91 Å². The van der Waals surface area contributed by atoms with Gasteiger partial charge in [-0.25, -0.2) is 0 Å². The highest BCUT2D eigenvalue weighted by atomic mass is 32.2. The Kier molecular flexibility index (Phi) is 5.07. The zero-order valence-electron chi connectivity index (χ0n) is 11.7. The Balaban J connectivity index is 2.05. The summed E-state index contributed by atoms with van der Waals surface area (Å²) in [5.41, 5.74) is -0.352. The van der Waals surface area contributed by atoms with E-state index in [2.05, 4.69) is 0 Å². The Labute approximate surface area is 123 Å². The van der Waals surface area contributed by atoms with Crippen LogP contribution in [0.5, 0.6) is 0 Å². The lowest BCUT2D eigenvalue weighted by Crippen LogP contribution is -2.36. The summed E-state index contributed by atoms with van der Waals surface area (Å²) in [4.78, 5) is 15.3. The zero-order valence-corrected chi connectivity index (χ0v) is 12.5. The first kappa shape index (κ1) is 15.4. The van der Waals surface area contributed by atoms with Gasteiger partial charge in [0.15, 0.2) is 0 Å². The summed E-state index contributed by atoms with van der Waals surface area (Å²) >= 11 is 1.65. The number of thioether (sulfide) groups is 1. The van der Waals surface area contributed by atoms with Crippen molar-refractivity contribution in [2.45, 2.75) is 29.8 Å². The molecule has 1 aromatic rings. The van der Waals surface area contributed by atoms with E-state index in [1.54, 1.807) is 16.7 Å². The molecule has 2 rings (SSSR count). The molecule has 0 spiro atoms. The normalized spacial score (nSPS) is 23.4. The summed E-state index contributed by atoms with van der Waals surface area (Å²) in [7, 11) is 0. The van der Waals surface area contributed by atoms with E-state index in [-0.39, 0.29) is 12.5 Å². The lowest BCUT2D eigenvalue weighted by Gasteiger charge is -2.24. The molecule has 0 aliphatic carbocycles. The summed E-state index contributed by atoms with van der Waals surface area (Å²) in [6.45, 7) is 0.878. The van der Waals surface area contributed by atoms with E-state index in [0.717, 1.165) is 4.90 Å². The SMILES string of the molecule is CSc1ccc(C(=O)N2CCC[C@](O)(CO)CC2)cc1. The summed E-state index contributed by atoms with van der Waals surface area (Å²) < 4.78 is 0. The fourth-order valence-electron chi connectivity index (χ4n) is 2.46. The van der Waals surface area contributed by atoms with Crippen LogP contribution in [0.2, 0.25) is 0 Å². The van der Waals surface area contributed by atoms with Crippen LogP contribution in [0.3, 0.4) is 0 Å². The Hall–Kier alpha value is -1.04. The highest BCUT2D eigenvalue weighted by Gasteiger charge is 2.30. The second-order valence-corrected chi connectivity index (χ2v) is 6.14. The zero-order chi connectivity index (χ0) is 14.6. The van der Waals surface area contributed by atoms with Gasteiger partial charge in [-0.05, 0) is 49.8 Å². The van der Waals surface area contributed by atoms with E-state index in [0.29, 0.717) is 37.9 Å². The van der Waals surface area contributed by atoms with Gasteiger partial charge in [0.2, 0.25) is 0 Å². The summed E-state index contributed by atoms with van der Waals surface area (Å²) in [5, 5.41) is 19.3. The third kappa shape index (κ3) is 3.53. The molecule has 1 aliphatic rings. The van der Waals surface area contributed by atoms with Crippen LogP contribution in [0, 0.1) is 0 Å². The molecule has 1 fully saturated rings. The van der Waals surface area contributed by atoms with Crippen molar-refractivity contribution in [1.29, 1.82) is 0 Å². The van der Waals surface area contributed by atoms with Gasteiger partial charge >= 0.3 is 0 Å². The minimum atomic E-state index is -1.03. The fourth-order valence-corrected chi connectivity index (χ4v) is 2.86. The molecule has 0 radical (unpaired) electrons. The smallest absolute Gasteiger partial charge is 0.253 e. The Morgan fingerprint density at radius 1 is 1.30 bits per heavy atom. The van der Waals surface area contributed by atoms with Gasteiger partial charge in [0.1, 0.15) is 0 Å². The summed E-state index contributed by atoms with van der Waals surface area (Å²) in [6.07, 6.45) is 3.68. The molecule has 0 aromatic heterocycles. The van der Waals surface area contributed by atoms with Crippen molar-refractivity contribution in [2.24, 2.45) is 0 Å². The third-order valence-electron chi connectivity index (χ3n) is 3.84. The van der Waals surface area contributed by atoms with E-state index in [9.17, 15) is 15.0 Å². The number of likely N-dealkylation sites (tertiary alicyclic amines) is 1. The molecule has 4 nitrogen and oxygen atoms in total. The Morgan fingerprint density at radius 2 is 2.00 bits per heavy atom. The Bertz CT molecular complexity index is 463. The van der Waals surface area contributed by atoms with Crippen molar-refractivity contribution < 1.29 is 15.0 Å². The van der Waals surface area contributed by atoms with Gasteiger partial charge in [-0.2, -0.15) is 0 Å². The predicted octanol–water partition coefficient (Wildman–Crippen LogP) is 1.76. The number of carbonyl (C=O) groups excluding carboxylic acids is 1. The van der Waals surface area contributed by atoms with E-state index in [4.69, 9.17) is 0 Å². The minimum absolute atomic E-state index is 0.000146. The molecule has 1 atom stereocenters. The number of amides is 1. The maximum atomic E-state index is 12.4. The van der Waals surface area contributed by atoms with Crippen LogP contribution in [0.4, 0.5) is 0 Å². The molecule has 0 saturated carbocycles. The first-order valence-electron chi connectivity index (χ1n) is 6.84. The molecular weight excluding hydrogens is 274 g/mol. The van der Waals surface area contributed by atoms with E-state index >= 15 is 0 Å². The van der Waals surface area contributed by atoms with Gasteiger partial charge < -0.3 is 15.1 Å². The van der Waals surface area contributed by atoms with Crippen LogP contribution < -0.4 is 0 Å². The lowest BCUT2D eigenvalue weighted by molar-refractivity contribution is -0.0250. The largest absolute Gasteiger partial charge is 0.393 e. The molecule has 1 saturated heterocycles. The standard InChI is InChI=1S/C15H21NO3S/c1-20-13-5-3-12(4-6-13)14(18)16-9-2-7-15(19,11-17)8-10-16/h3-6,17,19H,2,7-11H2,1H3/t15-/m1/s1. The number of rotatable bonds is 3. The second-order valence-electron chi connectivity index (χ2n) is 5.26. The molecular formula is C15H21NO3S. The fraction of sp³-hybridized carbons (Fsp3) is 0.533. The molecule has 5 heteroatoms. The van der Waals surface area contributed by atoms with Crippen LogP contribution in [0.15, 0.2) is 29.2 Å².